The number of ether oxygens (including phenoxy) is 1. The molecule has 1 aliphatic rings. The predicted octanol–water partition coefficient (Wildman–Crippen LogP) is 5.91. The maximum absolute atomic E-state index is 9.53. The Kier molecular flexibility index (Phi) is 5.53. The average Bonchev–Trinajstić information content (AvgIpc) is 2.70. The molecule has 152 valence electrons. The van der Waals surface area contributed by atoms with Crippen molar-refractivity contribution in [2.45, 2.75) is 29.4 Å². The molecule has 1 aliphatic carbocycles. The van der Waals surface area contributed by atoms with Gasteiger partial charge in [-0.15, -0.1) is 10.2 Å². The molecule has 1 atom stereocenters. The van der Waals surface area contributed by atoms with Gasteiger partial charge in [0.15, 0.2) is 5.82 Å². The van der Waals surface area contributed by atoms with E-state index in [2.05, 4.69) is 39.5 Å². The van der Waals surface area contributed by atoms with Gasteiger partial charge in [0, 0.05) is 22.0 Å². The second-order valence-corrected chi connectivity index (χ2v) is 10.7. The second kappa shape index (κ2) is 8.25. The van der Waals surface area contributed by atoms with Gasteiger partial charge in [-0.3, -0.25) is 0 Å². The van der Waals surface area contributed by atoms with E-state index in [9.17, 15) is 5.11 Å². The van der Waals surface area contributed by atoms with Crippen LogP contribution in [0.2, 0.25) is 0 Å². The Morgan fingerprint density at radius 3 is 2.38 bits per heavy atom. The number of phenolic OH excluding ortho intramolecular Hbond substituents is 1. The topological polar surface area (TPSA) is 66.4 Å². The van der Waals surface area contributed by atoms with Gasteiger partial charge in [0.25, 0.3) is 0 Å². The fraction of sp³-hybridized carbons (Fsp3) is 0.261. The maximum Gasteiger partial charge on any atom is 0.154 e. The summed E-state index contributed by atoms with van der Waals surface area (Å²) >= 11 is 0. The first-order valence-electron chi connectivity index (χ1n) is 9.78. The lowest BCUT2D eigenvalue weighted by molar-refractivity contribution is 0.414. The van der Waals surface area contributed by atoms with Crippen molar-refractivity contribution in [2.75, 3.05) is 23.4 Å². The summed E-state index contributed by atoms with van der Waals surface area (Å²) in [6.07, 6.45) is 7.92. The first-order valence-corrected chi connectivity index (χ1v) is 11.9. The van der Waals surface area contributed by atoms with Crippen molar-refractivity contribution in [2.24, 2.45) is 0 Å². The van der Waals surface area contributed by atoms with Gasteiger partial charge in [-0.2, -0.15) is 0 Å². The van der Waals surface area contributed by atoms with E-state index in [4.69, 9.17) is 4.74 Å². The number of nitrogens with zero attached hydrogens (tertiary/aromatic N) is 1. The monoisotopic (exact) mass is 409 g/mol. The lowest BCUT2D eigenvalue weighted by Crippen LogP contribution is -2.30. The molecule has 0 bridgehead atoms. The highest BCUT2D eigenvalue weighted by Gasteiger charge is 2.35. The highest BCUT2D eigenvalue weighted by molar-refractivity contribution is 8.34. The molecule has 1 unspecified atom stereocenters. The van der Waals surface area contributed by atoms with Crippen LogP contribution in [-0.4, -0.2) is 28.7 Å². The van der Waals surface area contributed by atoms with Crippen LogP contribution in [0.4, 0.5) is 17.2 Å². The van der Waals surface area contributed by atoms with Crippen LogP contribution in [0.5, 0.6) is 11.5 Å². The third-order valence-corrected chi connectivity index (χ3v) is 9.23. The van der Waals surface area contributed by atoms with E-state index in [1.54, 1.807) is 25.4 Å². The zero-order valence-corrected chi connectivity index (χ0v) is 17.6. The van der Waals surface area contributed by atoms with Crippen LogP contribution >= 0.6 is 10.2 Å². The number of benzene rings is 2. The number of aromatic hydroxyl groups is 1. The Bertz CT molecular complexity index is 959. The van der Waals surface area contributed by atoms with Crippen LogP contribution in [0.25, 0.3) is 0 Å². The second-order valence-electron chi connectivity index (χ2n) is 7.38. The van der Waals surface area contributed by atoms with Gasteiger partial charge in [0.2, 0.25) is 0 Å². The molecule has 2 aromatic carbocycles. The fourth-order valence-electron chi connectivity index (χ4n) is 3.53. The number of phenols is 1. The molecule has 0 radical (unpaired) electrons. The Labute approximate surface area is 173 Å². The van der Waals surface area contributed by atoms with Gasteiger partial charge in [0.1, 0.15) is 11.5 Å². The quantitative estimate of drug-likeness (QED) is 0.423. The van der Waals surface area contributed by atoms with E-state index in [0.717, 1.165) is 22.9 Å². The first-order chi connectivity index (χ1) is 14.1. The van der Waals surface area contributed by atoms with Crippen LogP contribution < -0.4 is 14.8 Å². The third kappa shape index (κ3) is 4.12. The molecule has 1 heterocycles. The molecule has 4 rings (SSSR count). The Morgan fingerprint density at radius 1 is 1.03 bits per heavy atom. The number of methoxy groups -OCH3 is 1. The van der Waals surface area contributed by atoms with E-state index >= 15 is 0 Å². The van der Waals surface area contributed by atoms with Gasteiger partial charge >= 0.3 is 0 Å². The molecule has 1 saturated carbocycles. The van der Waals surface area contributed by atoms with Crippen LogP contribution in [0.1, 0.15) is 19.3 Å². The summed E-state index contributed by atoms with van der Waals surface area (Å²) in [5.41, 5.74) is 1.87. The molecular formula is C23H27N3O2S. The van der Waals surface area contributed by atoms with Gasteiger partial charge in [-0.25, -0.2) is 4.98 Å². The largest absolute Gasteiger partial charge is 0.508 e. The molecule has 0 aliphatic heterocycles. The lowest BCUT2D eigenvalue weighted by Gasteiger charge is -2.49. The standard InChI is InChI=1S/C23H27N3O2S/c1-28-19-12-14-21(15-13-19)29(2,20-5-3-6-20)26-22-7-4-16-24-23(22)25-17-8-10-18(27)11-9-17/h4,7-16,20,26-27H,3,5-6H2,1-2H3,(H,24,25). The molecule has 0 spiro atoms. The molecule has 0 amide bonds. The van der Waals surface area contributed by atoms with Crippen LogP contribution in [0.15, 0.2) is 71.8 Å². The predicted molar refractivity (Wildman–Crippen MR) is 122 cm³/mol. The summed E-state index contributed by atoms with van der Waals surface area (Å²) in [5.74, 6) is 1.90. The molecule has 1 aromatic heterocycles. The summed E-state index contributed by atoms with van der Waals surface area (Å²) in [6, 6.07) is 19.5. The number of pyridine rings is 1. The molecule has 6 heteroatoms. The zero-order chi connectivity index (χ0) is 20.3. The van der Waals surface area contributed by atoms with Crippen molar-refractivity contribution >= 4 is 27.4 Å². The molecule has 3 N–H and O–H groups in total. The van der Waals surface area contributed by atoms with E-state index < -0.39 is 10.2 Å². The summed E-state index contributed by atoms with van der Waals surface area (Å²) in [7, 11) is 0.412. The van der Waals surface area contributed by atoms with Gasteiger partial charge < -0.3 is 19.9 Å². The summed E-state index contributed by atoms with van der Waals surface area (Å²) in [6.45, 7) is 0. The van der Waals surface area contributed by atoms with Crippen LogP contribution in [-0.2, 0) is 0 Å². The van der Waals surface area contributed by atoms with Gasteiger partial charge in [-0.05, 0) is 79.8 Å². The zero-order valence-electron chi connectivity index (χ0n) is 16.8. The third-order valence-electron chi connectivity index (χ3n) is 5.53. The number of hydrogen-bond acceptors (Lipinski definition) is 5. The number of hydrogen-bond donors (Lipinski definition) is 3. The summed E-state index contributed by atoms with van der Waals surface area (Å²) < 4.78 is 9.23. The molecule has 1 fully saturated rings. The molecule has 5 nitrogen and oxygen atoms in total. The van der Waals surface area contributed by atoms with Gasteiger partial charge in [-0.1, -0.05) is 6.42 Å². The number of aromatic nitrogens is 1. The SMILES string of the molecule is COc1ccc(S(C)(Nc2cccnc2Nc2ccc(O)cc2)C2CCC2)cc1. The van der Waals surface area contributed by atoms with Crippen molar-refractivity contribution in [3.05, 3.63) is 66.9 Å². The van der Waals surface area contributed by atoms with E-state index in [0.29, 0.717) is 5.25 Å². The molecular weight excluding hydrogens is 382 g/mol. The van der Waals surface area contributed by atoms with Gasteiger partial charge in [0.05, 0.1) is 12.8 Å². The van der Waals surface area contributed by atoms with E-state index in [1.165, 1.54) is 24.2 Å². The summed E-state index contributed by atoms with van der Waals surface area (Å²) in [5, 5.41) is 13.5. The van der Waals surface area contributed by atoms with Crippen LogP contribution in [0.3, 0.4) is 0 Å². The first kappa shape index (κ1) is 19.5. The Morgan fingerprint density at radius 2 is 1.76 bits per heavy atom. The average molecular weight is 410 g/mol. The van der Waals surface area contributed by atoms with Crippen molar-refractivity contribution in [1.29, 1.82) is 0 Å². The minimum Gasteiger partial charge on any atom is -0.508 e. The maximum atomic E-state index is 9.53. The molecule has 29 heavy (non-hydrogen) atoms. The van der Waals surface area contributed by atoms with E-state index in [-0.39, 0.29) is 5.75 Å². The minimum absolute atomic E-state index is 0.247. The highest BCUT2D eigenvalue weighted by Crippen LogP contribution is 2.62. The highest BCUT2D eigenvalue weighted by atomic mass is 32.3. The lowest BCUT2D eigenvalue weighted by atomic mass is 10.00. The molecule has 0 saturated heterocycles. The Balaban J connectivity index is 1.65. The van der Waals surface area contributed by atoms with Crippen molar-refractivity contribution < 1.29 is 9.84 Å². The fourth-order valence-corrected chi connectivity index (χ4v) is 6.80. The number of nitrogens with one attached hydrogen (secondary N) is 2. The Hall–Kier alpha value is -2.86. The molecule has 3 aromatic rings. The van der Waals surface area contributed by atoms with E-state index in [1.807, 2.05) is 30.3 Å². The normalized spacial score (nSPS) is 16.9. The van der Waals surface area contributed by atoms with Crippen molar-refractivity contribution in [3.8, 4) is 11.5 Å². The summed E-state index contributed by atoms with van der Waals surface area (Å²) in [4.78, 5) is 5.88. The minimum atomic E-state index is -1.28. The van der Waals surface area contributed by atoms with Crippen molar-refractivity contribution in [1.82, 2.24) is 4.98 Å². The van der Waals surface area contributed by atoms with Crippen molar-refractivity contribution in [3.63, 3.8) is 0 Å². The van der Waals surface area contributed by atoms with Crippen LogP contribution in [0, 0.1) is 0 Å². The number of rotatable bonds is 7. The smallest absolute Gasteiger partial charge is 0.154 e. The number of anilines is 3.